The van der Waals surface area contributed by atoms with Gasteiger partial charge in [-0.25, -0.2) is 9.97 Å². The van der Waals surface area contributed by atoms with E-state index in [9.17, 15) is 0 Å². The van der Waals surface area contributed by atoms with E-state index >= 15 is 0 Å². The molecule has 0 radical (unpaired) electrons. The molecule has 1 fully saturated rings. The van der Waals surface area contributed by atoms with Crippen LogP contribution in [0.15, 0.2) is 55.1 Å². The normalized spacial score (nSPS) is 17.5. The molecule has 3 heterocycles. The second-order valence-corrected chi connectivity index (χ2v) is 7.29. The minimum absolute atomic E-state index is 0.590. The number of nitrogens with zero attached hydrogens (tertiary/aromatic N) is 5. The molecule has 3 aromatic rings. The quantitative estimate of drug-likeness (QED) is 0.627. The van der Waals surface area contributed by atoms with Crippen LogP contribution in [0.1, 0.15) is 31.2 Å². The van der Waals surface area contributed by atoms with Gasteiger partial charge in [0.1, 0.15) is 5.75 Å². The van der Waals surface area contributed by atoms with Crippen LogP contribution in [0.5, 0.6) is 5.75 Å². The number of benzene rings is 1. The first-order chi connectivity index (χ1) is 13.8. The second kappa shape index (κ2) is 8.97. The molecule has 0 unspecified atom stereocenters. The summed E-state index contributed by atoms with van der Waals surface area (Å²) in [5.74, 6) is 1.50. The summed E-state index contributed by atoms with van der Waals surface area (Å²) >= 11 is 0. The van der Waals surface area contributed by atoms with Crippen molar-refractivity contribution in [2.45, 2.75) is 44.8 Å². The van der Waals surface area contributed by atoms with E-state index in [1.54, 1.807) is 7.11 Å². The van der Waals surface area contributed by atoms with Crippen LogP contribution in [0.3, 0.4) is 0 Å². The number of aryl methyl sites for hydroxylation is 1. The molecular weight excluding hydrogens is 350 g/mol. The van der Waals surface area contributed by atoms with Crippen molar-refractivity contribution in [3.63, 3.8) is 0 Å². The van der Waals surface area contributed by atoms with Crippen LogP contribution in [0.2, 0.25) is 0 Å². The van der Waals surface area contributed by atoms with Crippen molar-refractivity contribution in [2.75, 3.05) is 13.7 Å². The maximum Gasteiger partial charge on any atom is 0.162 e. The molecule has 2 aromatic heterocycles. The van der Waals surface area contributed by atoms with E-state index in [2.05, 4.69) is 20.0 Å². The Balaban J connectivity index is 1.42. The summed E-state index contributed by atoms with van der Waals surface area (Å²) in [6, 6.07) is 10.4. The predicted molar refractivity (Wildman–Crippen MR) is 109 cm³/mol. The number of likely N-dealkylation sites (tertiary alicyclic amines) is 1. The summed E-state index contributed by atoms with van der Waals surface area (Å²) in [5.41, 5.74) is 2.08. The Morgan fingerprint density at radius 3 is 2.75 bits per heavy atom. The Morgan fingerprint density at radius 2 is 1.96 bits per heavy atom. The van der Waals surface area contributed by atoms with Gasteiger partial charge >= 0.3 is 0 Å². The van der Waals surface area contributed by atoms with Crippen molar-refractivity contribution < 1.29 is 4.74 Å². The Bertz CT molecular complexity index is 863. The highest BCUT2D eigenvalue weighted by Crippen LogP contribution is 2.27. The number of aromatic nitrogens is 4. The zero-order chi connectivity index (χ0) is 19.2. The van der Waals surface area contributed by atoms with Crippen LogP contribution < -0.4 is 4.74 Å². The van der Waals surface area contributed by atoms with Gasteiger partial charge in [0.2, 0.25) is 0 Å². The van der Waals surface area contributed by atoms with Gasteiger partial charge in [0, 0.05) is 49.5 Å². The minimum Gasteiger partial charge on any atom is -0.496 e. The van der Waals surface area contributed by atoms with Crippen molar-refractivity contribution in [2.24, 2.45) is 0 Å². The highest BCUT2D eigenvalue weighted by molar-refractivity contribution is 5.63. The Morgan fingerprint density at radius 1 is 1.11 bits per heavy atom. The molecule has 1 aliphatic heterocycles. The third-order valence-corrected chi connectivity index (χ3v) is 5.44. The molecule has 0 aliphatic carbocycles. The van der Waals surface area contributed by atoms with E-state index < -0.39 is 0 Å². The van der Waals surface area contributed by atoms with Crippen LogP contribution >= 0.6 is 0 Å². The van der Waals surface area contributed by atoms with Crippen LogP contribution in [-0.4, -0.2) is 44.3 Å². The number of rotatable bonds is 7. The van der Waals surface area contributed by atoms with Gasteiger partial charge in [0.15, 0.2) is 5.82 Å². The van der Waals surface area contributed by atoms with Gasteiger partial charge in [-0.1, -0.05) is 18.6 Å². The molecule has 0 saturated carbocycles. The summed E-state index contributed by atoms with van der Waals surface area (Å²) in [4.78, 5) is 11.8. The SMILES string of the molecule is COc1ccccc1-c1ncc(CN2CCCC[C@H]2CCn2cccn2)cn1. The number of para-hydroxylation sites is 1. The number of ether oxygens (including phenoxy) is 1. The summed E-state index contributed by atoms with van der Waals surface area (Å²) in [7, 11) is 1.67. The van der Waals surface area contributed by atoms with E-state index in [1.807, 2.05) is 59.8 Å². The summed E-state index contributed by atoms with van der Waals surface area (Å²) < 4.78 is 7.45. The lowest BCUT2D eigenvalue weighted by atomic mass is 9.99. The number of hydrogen-bond donors (Lipinski definition) is 0. The van der Waals surface area contributed by atoms with Gasteiger partial charge in [-0.05, 0) is 44.0 Å². The number of hydrogen-bond acceptors (Lipinski definition) is 5. The first-order valence-electron chi connectivity index (χ1n) is 9.99. The lowest BCUT2D eigenvalue weighted by molar-refractivity contribution is 0.127. The highest BCUT2D eigenvalue weighted by atomic mass is 16.5. The molecule has 1 aromatic carbocycles. The van der Waals surface area contributed by atoms with Gasteiger partial charge in [-0.3, -0.25) is 9.58 Å². The molecular formula is C22H27N5O. The van der Waals surface area contributed by atoms with Gasteiger partial charge in [-0.2, -0.15) is 5.10 Å². The van der Waals surface area contributed by atoms with E-state index in [1.165, 1.54) is 19.3 Å². The average Bonchev–Trinajstić information content (AvgIpc) is 3.27. The Labute approximate surface area is 166 Å². The fourth-order valence-electron chi connectivity index (χ4n) is 3.95. The number of methoxy groups -OCH3 is 1. The van der Waals surface area contributed by atoms with Gasteiger partial charge in [-0.15, -0.1) is 0 Å². The molecule has 0 spiro atoms. The third-order valence-electron chi connectivity index (χ3n) is 5.44. The maximum absolute atomic E-state index is 5.43. The molecule has 1 saturated heterocycles. The molecule has 28 heavy (non-hydrogen) atoms. The van der Waals surface area contributed by atoms with E-state index in [0.29, 0.717) is 11.9 Å². The first kappa shape index (κ1) is 18.6. The lowest BCUT2D eigenvalue weighted by Crippen LogP contribution is -2.39. The minimum atomic E-state index is 0.590. The van der Waals surface area contributed by atoms with Crippen molar-refractivity contribution in [3.8, 4) is 17.1 Å². The zero-order valence-corrected chi connectivity index (χ0v) is 16.4. The Hall–Kier alpha value is -2.73. The van der Waals surface area contributed by atoms with Crippen LogP contribution in [0, 0.1) is 0 Å². The van der Waals surface area contributed by atoms with Crippen molar-refractivity contribution in [1.82, 2.24) is 24.6 Å². The van der Waals surface area contributed by atoms with Crippen LogP contribution in [0.4, 0.5) is 0 Å². The molecule has 0 bridgehead atoms. The fourth-order valence-corrected chi connectivity index (χ4v) is 3.95. The third kappa shape index (κ3) is 4.39. The largest absolute Gasteiger partial charge is 0.496 e. The second-order valence-electron chi connectivity index (χ2n) is 7.29. The fraction of sp³-hybridized carbons (Fsp3) is 0.409. The molecule has 4 rings (SSSR count). The summed E-state index contributed by atoms with van der Waals surface area (Å²) in [6.07, 6.45) is 12.7. The van der Waals surface area contributed by atoms with Gasteiger partial charge in [0.05, 0.1) is 12.7 Å². The average molecular weight is 377 g/mol. The first-order valence-corrected chi connectivity index (χ1v) is 9.99. The topological polar surface area (TPSA) is 56.1 Å². The standard InChI is InChI=1S/C22H27N5O/c1-28-21-9-3-2-8-20(21)22-23-15-18(16-24-22)17-26-12-5-4-7-19(26)10-14-27-13-6-11-25-27/h2-3,6,8-9,11,13,15-16,19H,4-5,7,10,12,14,17H2,1H3/t19-/m0/s1. The Kier molecular flexibility index (Phi) is 5.97. The smallest absolute Gasteiger partial charge is 0.162 e. The molecule has 6 heteroatoms. The van der Waals surface area contributed by atoms with Gasteiger partial charge in [0.25, 0.3) is 0 Å². The van der Waals surface area contributed by atoms with Crippen LogP contribution in [-0.2, 0) is 13.1 Å². The van der Waals surface area contributed by atoms with Crippen molar-refractivity contribution >= 4 is 0 Å². The van der Waals surface area contributed by atoms with Crippen LogP contribution in [0.25, 0.3) is 11.4 Å². The summed E-state index contributed by atoms with van der Waals surface area (Å²) in [5, 5.41) is 4.33. The predicted octanol–water partition coefficient (Wildman–Crippen LogP) is 3.79. The molecule has 1 atom stereocenters. The lowest BCUT2D eigenvalue weighted by Gasteiger charge is -2.35. The van der Waals surface area contributed by atoms with E-state index in [-0.39, 0.29) is 0 Å². The number of piperidine rings is 1. The van der Waals surface area contributed by atoms with Crippen molar-refractivity contribution in [1.29, 1.82) is 0 Å². The molecule has 0 N–H and O–H groups in total. The summed E-state index contributed by atoms with van der Waals surface area (Å²) in [6.45, 7) is 3.01. The molecule has 0 amide bonds. The van der Waals surface area contributed by atoms with E-state index in [4.69, 9.17) is 4.74 Å². The molecule has 1 aliphatic rings. The maximum atomic E-state index is 5.43. The molecule has 146 valence electrons. The van der Waals surface area contributed by atoms with Crippen molar-refractivity contribution in [3.05, 3.63) is 60.7 Å². The van der Waals surface area contributed by atoms with Gasteiger partial charge < -0.3 is 4.74 Å². The zero-order valence-electron chi connectivity index (χ0n) is 16.4. The monoisotopic (exact) mass is 377 g/mol. The van der Waals surface area contributed by atoms with E-state index in [0.717, 1.165) is 42.9 Å². The molecule has 6 nitrogen and oxygen atoms in total. The highest BCUT2D eigenvalue weighted by Gasteiger charge is 2.22.